The maximum absolute atomic E-state index is 5.63. The van der Waals surface area contributed by atoms with Gasteiger partial charge in [-0.15, -0.1) is 0 Å². The Balaban J connectivity index is 1.64. The first-order valence-electron chi connectivity index (χ1n) is 8.40. The maximum atomic E-state index is 5.63. The Morgan fingerprint density at radius 2 is 1.90 bits per heavy atom. The van der Waals surface area contributed by atoms with Crippen molar-refractivity contribution in [2.75, 3.05) is 26.3 Å². The highest BCUT2D eigenvalue weighted by molar-refractivity contribution is 5.80. The van der Waals surface area contributed by atoms with Gasteiger partial charge in [-0.25, -0.2) is 0 Å². The number of rotatable bonds is 7. The molecule has 0 bridgehead atoms. The van der Waals surface area contributed by atoms with E-state index in [0.717, 1.165) is 44.1 Å². The molecule has 0 saturated heterocycles. The van der Waals surface area contributed by atoms with Crippen molar-refractivity contribution in [3.05, 3.63) is 0 Å². The number of nitrogens with one attached hydrogen (secondary N) is 2. The maximum Gasteiger partial charge on any atom is 0.191 e. The van der Waals surface area contributed by atoms with Crippen LogP contribution < -0.4 is 10.6 Å². The van der Waals surface area contributed by atoms with Crippen molar-refractivity contribution in [2.24, 2.45) is 16.8 Å². The van der Waals surface area contributed by atoms with E-state index in [0.29, 0.717) is 6.04 Å². The zero-order chi connectivity index (χ0) is 14.2. The molecule has 0 aliphatic heterocycles. The van der Waals surface area contributed by atoms with E-state index in [1.165, 1.54) is 38.5 Å². The first kappa shape index (κ1) is 15.6. The van der Waals surface area contributed by atoms with Gasteiger partial charge in [-0.3, -0.25) is 4.99 Å². The third kappa shape index (κ3) is 6.12. The van der Waals surface area contributed by atoms with Crippen LogP contribution in [0, 0.1) is 11.8 Å². The fourth-order valence-corrected chi connectivity index (χ4v) is 2.67. The average molecular weight is 281 g/mol. The summed E-state index contributed by atoms with van der Waals surface area (Å²) in [5.41, 5.74) is 0. The van der Waals surface area contributed by atoms with Crippen molar-refractivity contribution in [2.45, 2.75) is 58.4 Å². The average Bonchev–Trinajstić information content (AvgIpc) is 3.25. The Morgan fingerprint density at radius 1 is 1.15 bits per heavy atom. The molecule has 2 N–H and O–H groups in total. The molecule has 0 aromatic heterocycles. The van der Waals surface area contributed by atoms with E-state index in [1.54, 1.807) is 0 Å². The molecule has 4 heteroatoms. The normalized spacial score (nSPS) is 27.4. The minimum atomic E-state index is 0.594. The number of hydrogen-bond acceptors (Lipinski definition) is 2. The quantitative estimate of drug-likeness (QED) is 0.428. The summed E-state index contributed by atoms with van der Waals surface area (Å²) < 4.78 is 5.63. The number of ether oxygens (including phenoxy) is 1. The second kappa shape index (κ2) is 8.50. The lowest BCUT2D eigenvalue weighted by Crippen LogP contribution is -2.44. The fraction of sp³-hybridized carbons (Fsp3) is 0.938. The van der Waals surface area contributed by atoms with Crippen LogP contribution in [0.2, 0.25) is 0 Å². The van der Waals surface area contributed by atoms with Gasteiger partial charge >= 0.3 is 0 Å². The van der Waals surface area contributed by atoms with Gasteiger partial charge in [0.2, 0.25) is 0 Å². The predicted octanol–water partition coefficient (Wildman–Crippen LogP) is 2.55. The van der Waals surface area contributed by atoms with E-state index >= 15 is 0 Å². The summed E-state index contributed by atoms with van der Waals surface area (Å²) in [5.74, 6) is 2.69. The predicted molar refractivity (Wildman–Crippen MR) is 84.1 cm³/mol. The summed E-state index contributed by atoms with van der Waals surface area (Å²) in [6.07, 6.45) is 7.91. The standard InChI is InChI=1S/C16H31N3O/c1-3-17-16(18-10-11-20-12-14-6-7-14)19-15-8-4-13(2)5-9-15/h13-15H,3-12H2,1-2H3,(H2,17,18,19). The van der Waals surface area contributed by atoms with Crippen molar-refractivity contribution in [3.63, 3.8) is 0 Å². The molecule has 4 nitrogen and oxygen atoms in total. The molecular weight excluding hydrogens is 250 g/mol. The molecule has 0 atom stereocenters. The molecule has 2 aliphatic rings. The van der Waals surface area contributed by atoms with Crippen LogP contribution in [0.15, 0.2) is 4.99 Å². The molecular formula is C16H31N3O. The molecule has 0 unspecified atom stereocenters. The van der Waals surface area contributed by atoms with Gasteiger partial charge in [0, 0.05) is 19.2 Å². The van der Waals surface area contributed by atoms with E-state index in [4.69, 9.17) is 4.74 Å². The van der Waals surface area contributed by atoms with Crippen molar-refractivity contribution in [3.8, 4) is 0 Å². The van der Waals surface area contributed by atoms with Crippen LogP contribution in [-0.2, 0) is 4.74 Å². The second-order valence-electron chi connectivity index (χ2n) is 6.38. The molecule has 2 fully saturated rings. The molecule has 0 heterocycles. The highest BCUT2D eigenvalue weighted by Crippen LogP contribution is 2.28. The lowest BCUT2D eigenvalue weighted by Gasteiger charge is -2.28. The number of guanidine groups is 1. The third-order valence-corrected chi connectivity index (χ3v) is 4.26. The SMILES string of the molecule is CCNC(=NCCOCC1CC1)NC1CCC(C)CC1. The zero-order valence-corrected chi connectivity index (χ0v) is 13.2. The van der Waals surface area contributed by atoms with Crippen molar-refractivity contribution >= 4 is 5.96 Å². The van der Waals surface area contributed by atoms with E-state index in [2.05, 4.69) is 29.5 Å². The van der Waals surface area contributed by atoms with E-state index in [-0.39, 0.29) is 0 Å². The molecule has 0 aromatic rings. The Kier molecular flexibility index (Phi) is 6.64. The van der Waals surface area contributed by atoms with Gasteiger partial charge in [0.1, 0.15) is 0 Å². The van der Waals surface area contributed by atoms with Gasteiger partial charge in [0.25, 0.3) is 0 Å². The highest BCUT2D eigenvalue weighted by Gasteiger charge is 2.21. The Morgan fingerprint density at radius 3 is 2.55 bits per heavy atom. The second-order valence-corrected chi connectivity index (χ2v) is 6.38. The van der Waals surface area contributed by atoms with Crippen molar-refractivity contribution in [1.82, 2.24) is 10.6 Å². The van der Waals surface area contributed by atoms with Gasteiger partial charge in [0.05, 0.1) is 13.2 Å². The van der Waals surface area contributed by atoms with E-state index in [1.807, 2.05) is 0 Å². The smallest absolute Gasteiger partial charge is 0.191 e. The summed E-state index contributed by atoms with van der Waals surface area (Å²) >= 11 is 0. The minimum Gasteiger partial charge on any atom is -0.379 e. The molecule has 20 heavy (non-hydrogen) atoms. The highest BCUT2D eigenvalue weighted by atomic mass is 16.5. The van der Waals surface area contributed by atoms with Crippen LogP contribution >= 0.6 is 0 Å². The molecule has 0 spiro atoms. The Bertz CT molecular complexity index is 294. The zero-order valence-electron chi connectivity index (χ0n) is 13.2. The molecule has 0 aromatic carbocycles. The molecule has 2 aliphatic carbocycles. The van der Waals surface area contributed by atoms with Gasteiger partial charge in [-0.1, -0.05) is 6.92 Å². The fourth-order valence-electron chi connectivity index (χ4n) is 2.67. The van der Waals surface area contributed by atoms with Crippen molar-refractivity contribution < 1.29 is 4.74 Å². The summed E-state index contributed by atoms with van der Waals surface area (Å²) in [5, 5.41) is 6.91. The van der Waals surface area contributed by atoms with Gasteiger partial charge in [0.15, 0.2) is 5.96 Å². The third-order valence-electron chi connectivity index (χ3n) is 4.26. The van der Waals surface area contributed by atoms with Crippen LogP contribution in [0.5, 0.6) is 0 Å². The lowest BCUT2D eigenvalue weighted by molar-refractivity contribution is 0.131. The van der Waals surface area contributed by atoms with E-state index < -0.39 is 0 Å². The Labute approximate surface area is 123 Å². The minimum absolute atomic E-state index is 0.594. The largest absolute Gasteiger partial charge is 0.379 e. The van der Waals surface area contributed by atoms with Crippen LogP contribution in [0.1, 0.15) is 52.4 Å². The summed E-state index contributed by atoms with van der Waals surface area (Å²) in [4.78, 5) is 4.61. The molecule has 0 amide bonds. The van der Waals surface area contributed by atoms with Crippen molar-refractivity contribution in [1.29, 1.82) is 0 Å². The summed E-state index contributed by atoms with van der Waals surface area (Å²) in [7, 11) is 0. The van der Waals surface area contributed by atoms with Crippen LogP contribution in [0.3, 0.4) is 0 Å². The van der Waals surface area contributed by atoms with Gasteiger partial charge in [-0.2, -0.15) is 0 Å². The molecule has 2 saturated carbocycles. The molecule has 0 radical (unpaired) electrons. The van der Waals surface area contributed by atoms with Crippen LogP contribution in [0.25, 0.3) is 0 Å². The first-order chi connectivity index (χ1) is 9.78. The topological polar surface area (TPSA) is 45.7 Å². The molecule has 116 valence electrons. The van der Waals surface area contributed by atoms with Gasteiger partial charge in [-0.05, 0) is 57.3 Å². The van der Waals surface area contributed by atoms with Crippen LogP contribution in [-0.4, -0.2) is 38.3 Å². The van der Waals surface area contributed by atoms with Gasteiger partial charge < -0.3 is 15.4 Å². The Hall–Kier alpha value is -0.770. The monoisotopic (exact) mass is 281 g/mol. The summed E-state index contributed by atoms with van der Waals surface area (Å²) in [6.45, 7) is 7.81. The number of nitrogens with zero attached hydrogens (tertiary/aromatic N) is 1. The van der Waals surface area contributed by atoms with Crippen LogP contribution in [0.4, 0.5) is 0 Å². The lowest BCUT2D eigenvalue weighted by atomic mass is 9.87. The van der Waals surface area contributed by atoms with E-state index in [9.17, 15) is 0 Å². The summed E-state index contributed by atoms with van der Waals surface area (Å²) in [6, 6.07) is 0.594. The molecule has 2 rings (SSSR count). The number of hydrogen-bond donors (Lipinski definition) is 2. The first-order valence-corrected chi connectivity index (χ1v) is 8.40. The number of aliphatic imine (C=N–C) groups is 1.